The Hall–Kier alpha value is -3.55. The van der Waals surface area contributed by atoms with E-state index in [-0.39, 0.29) is 5.41 Å². The van der Waals surface area contributed by atoms with Crippen molar-refractivity contribution >= 4 is 5.95 Å². The van der Waals surface area contributed by atoms with Crippen LogP contribution in [0.3, 0.4) is 0 Å². The predicted octanol–water partition coefficient (Wildman–Crippen LogP) is 3.44. The van der Waals surface area contributed by atoms with Crippen molar-refractivity contribution in [2.45, 2.75) is 24.7 Å². The van der Waals surface area contributed by atoms with Crippen molar-refractivity contribution in [2.24, 2.45) is 7.05 Å². The molecule has 8 heteroatoms. The number of nitrogens with one attached hydrogen (secondary N) is 1. The average molecular weight is 387 g/mol. The first-order valence-corrected chi connectivity index (χ1v) is 9.62. The van der Waals surface area contributed by atoms with E-state index in [9.17, 15) is 0 Å². The molecule has 0 radical (unpaired) electrons. The van der Waals surface area contributed by atoms with Gasteiger partial charge in [-0.15, -0.1) is 0 Å². The van der Waals surface area contributed by atoms with Crippen LogP contribution in [0.5, 0.6) is 0 Å². The summed E-state index contributed by atoms with van der Waals surface area (Å²) in [7, 11) is 3.67. The van der Waals surface area contributed by atoms with E-state index in [1.807, 2.05) is 25.6 Å². The second-order valence-corrected chi connectivity index (χ2v) is 7.38. The highest BCUT2D eigenvalue weighted by Crippen LogP contribution is 2.48. The number of hydrogen-bond acceptors (Lipinski definition) is 7. The first-order valence-electron chi connectivity index (χ1n) is 9.62. The first-order chi connectivity index (χ1) is 14.2. The SMILES string of the molecule is CNc1ncc(-c2ccc(C3(c4noc(-c5cnn(C)c5)n4)CCC3)cc2)cn1. The molecule has 1 saturated carbocycles. The van der Waals surface area contributed by atoms with Crippen molar-refractivity contribution < 1.29 is 4.52 Å². The van der Waals surface area contributed by atoms with Crippen LogP contribution in [-0.4, -0.2) is 36.9 Å². The molecule has 1 aromatic carbocycles. The molecular weight excluding hydrogens is 366 g/mol. The van der Waals surface area contributed by atoms with E-state index >= 15 is 0 Å². The van der Waals surface area contributed by atoms with Crippen LogP contribution in [0.15, 0.2) is 53.6 Å². The molecule has 0 aliphatic heterocycles. The van der Waals surface area contributed by atoms with Gasteiger partial charge in [-0.1, -0.05) is 35.8 Å². The summed E-state index contributed by atoms with van der Waals surface area (Å²) in [5.41, 5.74) is 3.92. The maximum Gasteiger partial charge on any atom is 0.261 e. The zero-order chi connectivity index (χ0) is 19.8. The van der Waals surface area contributed by atoms with Gasteiger partial charge in [-0.25, -0.2) is 9.97 Å². The van der Waals surface area contributed by atoms with Crippen LogP contribution in [0.1, 0.15) is 30.7 Å². The summed E-state index contributed by atoms with van der Waals surface area (Å²) < 4.78 is 7.27. The van der Waals surface area contributed by atoms with Gasteiger partial charge in [0.05, 0.1) is 17.2 Å². The molecule has 3 aromatic heterocycles. The summed E-state index contributed by atoms with van der Waals surface area (Å²) in [6, 6.07) is 8.52. The maximum absolute atomic E-state index is 5.55. The Morgan fingerprint density at radius 1 is 1.00 bits per heavy atom. The highest BCUT2D eigenvalue weighted by molar-refractivity contribution is 5.63. The lowest BCUT2D eigenvalue weighted by molar-refractivity contribution is 0.273. The molecule has 4 aromatic rings. The molecule has 0 bridgehead atoms. The molecule has 0 amide bonds. The fraction of sp³-hybridized carbons (Fsp3) is 0.286. The van der Waals surface area contributed by atoms with E-state index in [1.54, 1.807) is 17.9 Å². The fourth-order valence-corrected chi connectivity index (χ4v) is 3.83. The molecule has 1 N–H and O–H groups in total. The van der Waals surface area contributed by atoms with Gasteiger partial charge in [0.25, 0.3) is 5.89 Å². The number of aryl methyl sites for hydroxylation is 1. The van der Waals surface area contributed by atoms with Gasteiger partial charge in [-0.05, 0) is 24.0 Å². The standard InChI is InChI=1S/C21H21N7O/c1-22-20-23-10-15(11-24-20)14-4-6-17(7-5-14)21(8-3-9-21)19-26-18(29-27-19)16-12-25-28(2)13-16/h4-7,10-13H,3,8-9H2,1-2H3,(H,22,23,24). The molecule has 3 heterocycles. The molecule has 1 aliphatic rings. The highest BCUT2D eigenvalue weighted by Gasteiger charge is 2.44. The van der Waals surface area contributed by atoms with Crippen molar-refractivity contribution in [3.05, 3.63) is 60.4 Å². The Kier molecular flexibility index (Phi) is 4.12. The minimum atomic E-state index is -0.186. The Bertz CT molecular complexity index is 1120. The van der Waals surface area contributed by atoms with E-state index in [0.717, 1.165) is 41.8 Å². The Labute approximate surface area is 168 Å². The topological polar surface area (TPSA) is 94.6 Å². The fourth-order valence-electron chi connectivity index (χ4n) is 3.83. The van der Waals surface area contributed by atoms with E-state index in [4.69, 9.17) is 9.51 Å². The summed E-state index contributed by atoms with van der Waals surface area (Å²) in [6.07, 6.45) is 10.4. The van der Waals surface area contributed by atoms with Crippen LogP contribution in [0.4, 0.5) is 5.95 Å². The van der Waals surface area contributed by atoms with E-state index in [2.05, 4.69) is 49.8 Å². The van der Waals surface area contributed by atoms with Crippen molar-refractivity contribution in [1.82, 2.24) is 29.9 Å². The normalized spacial score (nSPS) is 15.1. The quantitative estimate of drug-likeness (QED) is 0.560. The molecule has 0 atom stereocenters. The molecular formula is C21H21N7O. The van der Waals surface area contributed by atoms with Gasteiger partial charge in [-0.3, -0.25) is 4.68 Å². The van der Waals surface area contributed by atoms with E-state index in [1.165, 1.54) is 5.56 Å². The molecule has 0 unspecified atom stereocenters. The van der Waals surface area contributed by atoms with Crippen molar-refractivity contribution in [2.75, 3.05) is 12.4 Å². The Balaban J connectivity index is 1.44. The van der Waals surface area contributed by atoms with Crippen LogP contribution in [0, 0.1) is 0 Å². The van der Waals surface area contributed by atoms with Crippen LogP contribution in [0.25, 0.3) is 22.6 Å². The minimum absolute atomic E-state index is 0.186. The summed E-state index contributed by atoms with van der Waals surface area (Å²) >= 11 is 0. The lowest BCUT2D eigenvalue weighted by atomic mass is 9.64. The summed E-state index contributed by atoms with van der Waals surface area (Å²) in [4.78, 5) is 13.3. The molecule has 0 saturated heterocycles. The van der Waals surface area contributed by atoms with Gasteiger partial charge in [-0.2, -0.15) is 10.1 Å². The third kappa shape index (κ3) is 2.97. The van der Waals surface area contributed by atoms with E-state index in [0.29, 0.717) is 11.8 Å². The highest BCUT2D eigenvalue weighted by atomic mass is 16.5. The summed E-state index contributed by atoms with van der Waals surface area (Å²) in [6.45, 7) is 0. The molecule has 5 rings (SSSR count). The summed E-state index contributed by atoms with van der Waals surface area (Å²) in [5, 5.41) is 11.4. The molecule has 146 valence electrons. The lowest BCUT2D eigenvalue weighted by Gasteiger charge is -2.39. The molecule has 29 heavy (non-hydrogen) atoms. The number of hydrogen-bond donors (Lipinski definition) is 1. The second kappa shape index (κ2) is 6.80. The monoisotopic (exact) mass is 387 g/mol. The van der Waals surface area contributed by atoms with Gasteiger partial charge in [0.1, 0.15) is 0 Å². The number of anilines is 1. The number of aromatic nitrogens is 6. The van der Waals surface area contributed by atoms with Gasteiger partial charge in [0, 0.05) is 38.2 Å². The summed E-state index contributed by atoms with van der Waals surface area (Å²) in [5.74, 6) is 1.87. The van der Waals surface area contributed by atoms with Gasteiger partial charge in [0.2, 0.25) is 5.95 Å². The Morgan fingerprint density at radius 2 is 1.76 bits per heavy atom. The van der Waals surface area contributed by atoms with Crippen LogP contribution >= 0.6 is 0 Å². The van der Waals surface area contributed by atoms with Gasteiger partial charge >= 0.3 is 0 Å². The number of rotatable bonds is 5. The predicted molar refractivity (Wildman–Crippen MR) is 108 cm³/mol. The molecule has 8 nitrogen and oxygen atoms in total. The smallest absolute Gasteiger partial charge is 0.261 e. The van der Waals surface area contributed by atoms with Gasteiger partial charge in [0.15, 0.2) is 5.82 Å². The number of benzene rings is 1. The van der Waals surface area contributed by atoms with Crippen molar-refractivity contribution in [3.8, 4) is 22.6 Å². The van der Waals surface area contributed by atoms with E-state index < -0.39 is 0 Å². The molecule has 1 fully saturated rings. The van der Waals surface area contributed by atoms with Crippen LogP contribution in [0.2, 0.25) is 0 Å². The van der Waals surface area contributed by atoms with Crippen LogP contribution < -0.4 is 5.32 Å². The second-order valence-electron chi connectivity index (χ2n) is 7.38. The third-order valence-electron chi connectivity index (χ3n) is 5.66. The third-order valence-corrected chi connectivity index (χ3v) is 5.66. The largest absolute Gasteiger partial charge is 0.357 e. The Morgan fingerprint density at radius 3 is 2.34 bits per heavy atom. The number of nitrogens with zero attached hydrogens (tertiary/aromatic N) is 6. The molecule has 1 aliphatic carbocycles. The van der Waals surface area contributed by atoms with Gasteiger partial charge < -0.3 is 9.84 Å². The zero-order valence-electron chi connectivity index (χ0n) is 16.3. The zero-order valence-corrected chi connectivity index (χ0v) is 16.3. The minimum Gasteiger partial charge on any atom is -0.357 e. The first kappa shape index (κ1) is 17.5. The molecule has 0 spiro atoms. The van der Waals surface area contributed by atoms with Crippen molar-refractivity contribution in [3.63, 3.8) is 0 Å². The van der Waals surface area contributed by atoms with Crippen molar-refractivity contribution in [1.29, 1.82) is 0 Å². The lowest BCUT2D eigenvalue weighted by Crippen LogP contribution is -2.36. The average Bonchev–Trinajstić information content (AvgIpc) is 3.37. The maximum atomic E-state index is 5.55. The van der Waals surface area contributed by atoms with Crippen LogP contribution in [-0.2, 0) is 12.5 Å².